The van der Waals surface area contributed by atoms with Crippen molar-refractivity contribution in [2.24, 2.45) is 14.1 Å². The van der Waals surface area contributed by atoms with Gasteiger partial charge in [-0.15, -0.1) is 0 Å². The van der Waals surface area contributed by atoms with Gasteiger partial charge >= 0.3 is 11.4 Å². The van der Waals surface area contributed by atoms with Crippen molar-refractivity contribution >= 4 is 16.9 Å². The Morgan fingerprint density at radius 3 is 2.07 bits per heavy atom. The zero-order valence-electron chi connectivity index (χ0n) is 15.4. The number of nitrogens with zero attached hydrogens (tertiary/aromatic N) is 2. The van der Waals surface area contributed by atoms with E-state index in [1.165, 1.54) is 30.8 Å². The number of aromatic amines is 3. The van der Waals surface area contributed by atoms with Crippen molar-refractivity contribution in [3.63, 3.8) is 0 Å². The van der Waals surface area contributed by atoms with E-state index in [9.17, 15) is 24.3 Å². The lowest BCUT2D eigenvalue weighted by Gasteiger charge is -2.10. The van der Waals surface area contributed by atoms with Gasteiger partial charge in [-0.1, -0.05) is 0 Å². The van der Waals surface area contributed by atoms with Crippen LogP contribution in [0.5, 0.6) is 5.75 Å². The van der Waals surface area contributed by atoms with Crippen molar-refractivity contribution in [3.8, 4) is 28.1 Å². The SMILES string of the molecule is Cn1c(N)c(-c2c(-c3ccc(O)cc3)[nH]c3c2c(=O)[nH]c(=O)n3C)c(=O)[nH]c1=O. The van der Waals surface area contributed by atoms with E-state index in [1.54, 1.807) is 12.1 Å². The predicted molar refractivity (Wildman–Crippen MR) is 107 cm³/mol. The van der Waals surface area contributed by atoms with E-state index in [1.807, 2.05) is 0 Å². The lowest BCUT2D eigenvalue weighted by molar-refractivity contribution is 0.475. The number of nitrogens with one attached hydrogen (secondary N) is 3. The number of nitrogens with two attached hydrogens (primary N) is 1. The lowest BCUT2D eigenvalue weighted by Crippen LogP contribution is -2.32. The summed E-state index contributed by atoms with van der Waals surface area (Å²) in [5.74, 6) is -0.121. The number of nitrogen functional groups attached to an aromatic ring is 1. The van der Waals surface area contributed by atoms with Crippen LogP contribution >= 0.6 is 0 Å². The Hall–Kier alpha value is -4.28. The second-order valence-electron chi connectivity index (χ2n) is 6.54. The number of fused-ring (bicyclic) bond motifs is 1. The highest BCUT2D eigenvalue weighted by Crippen LogP contribution is 2.37. The van der Waals surface area contributed by atoms with Crippen LogP contribution in [0.25, 0.3) is 33.4 Å². The lowest BCUT2D eigenvalue weighted by atomic mass is 10.0. The summed E-state index contributed by atoms with van der Waals surface area (Å²) in [6, 6.07) is 6.01. The number of benzene rings is 1. The molecule has 0 unspecified atom stereocenters. The summed E-state index contributed by atoms with van der Waals surface area (Å²) < 4.78 is 2.24. The molecule has 29 heavy (non-hydrogen) atoms. The van der Waals surface area contributed by atoms with E-state index in [2.05, 4.69) is 15.0 Å². The number of hydrogen-bond donors (Lipinski definition) is 5. The van der Waals surface area contributed by atoms with Crippen LogP contribution in [0.2, 0.25) is 0 Å². The zero-order valence-corrected chi connectivity index (χ0v) is 15.4. The smallest absolute Gasteiger partial charge is 0.329 e. The minimum atomic E-state index is -0.778. The zero-order chi connectivity index (χ0) is 21.0. The molecule has 0 aliphatic rings. The van der Waals surface area contributed by atoms with Crippen molar-refractivity contribution < 1.29 is 5.11 Å². The Bertz CT molecular complexity index is 1510. The van der Waals surface area contributed by atoms with Gasteiger partial charge in [-0.25, -0.2) is 9.59 Å². The van der Waals surface area contributed by atoms with Gasteiger partial charge in [0.1, 0.15) is 17.2 Å². The van der Waals surface area contributed by atoms with E-state index >= 15 is 0 Å². The minimum absolute atomic E-state index is 0.0242. The molecule has 0 atom stereocenters. The Morgan fingerprint density at radius 1 is 0.828 bits per heavy atom. The second kappa shape index (κ2) is 6.12. The summed E-state index contributed by atoms with van der Waals surface area (Å²) in [5, 5.41) is 9.62. The van der Waals surface area contributed by atoms with E-state index in [0.717, 1.165) is 4.57 Å². The molecule has 11 heteroatoms. The highest BCUT2D eigenvalue weighted by Gasteiger charge is 2.25. The van der Waals surface area contributed by atoms with Crippen LogP contribution in [-0.2, 0) is 14.1 Å². The fourth-order valence-electron chi connectivity index (χ4n) is 3.28. The minimum Gasteiger partial charge on any atom is -0.508 e. The summed E-state index contributed by atoms with van der Waals surface area (Å²) in [5.41, 5.74) is 4.28. The standard InChI is InChI=1S/C18H16N6O5/c1-23-13(19)10(15(26)21-17(23)28)9-11-14(24(2)18(29)22-16(11)27)20-12(9)7-3-5-8(25)6-4-7/h3-6,20,25H,19H2,1-2H3,(H,21,26,28)(H,22,27,29). The van der Waals surface area contributed by atoms with Crippen LogP contribution in [0.15, 0.2) is 43.4 Å². The first kappa shape index (κ1) is 18.1. The third-order valence-corrected chi connectivity index (χ3v) is 4.84. The summed E-state index contributed by atoms with van der Waals surface area (Å²) in [6.07, 6.45) is 0. The fourth-order valence-corrected chi connectivity index (χ4v) is 3.28. The maximum Gasteiger partial charge on any atom is 0.329 e. The van der Waals surface area contributed by atoms with Crippen molar-refractivity contribution in [1.82, 2.24) is 24.1 Å². The highest BCUT2D eigenvalue weighted by atomic mass is 16.3. The van der Waals surface area contributed by atoms with Gasteiger partial charge in [0.25, 0.3) is 11.1 Å². The third-order valence-electron chi connectivity index (χ3n) is 4.84. The van der Waals surface area contributed by atoms with Crippen LogP contribution in [0.3, 0.4) is 0 Å². The molecule has 3 aromatic heterocycles. The van der Waals surface area contributed by atoms with Gasteiger partial charge in [0.05, 0.1) is 16.6 Å². The van der Waals surface area contributed by atoms with Gasteiger partial charge in [-0.3, -0.25) is 28.7 Å². The normalized spacial score (nSPS) is 11.2. The molecule has 1 aromatic carbocycles. The van der Waals surface area contributed by atoms with Gasteiger partial charge in [-0.2, -0.15) is 0 Å². The Morgan fingerprint density at radius 2 is 1.41 bits per heavy atom. The van der Waals surface area contributed by atoms with Crippen molar-refractivity contribution in [2.45, 2.75) is 0 Å². The molecule has 0 aliphatic heterocycles. The molecule has 4 rings (SSSR count). The summed E-state index contributed by atoms with van der Waals surface area (Å²) in [4.78, 5) is 56.6. The number of aromatic hydroxyl groups is 1. The summed E-state index contributed by atoms with van der Waals surface area (Å²) >= 11 is 0. The van der Waals surface area contributed by atoms with Crippen LogP contribution in [-0.4, -0.2) is 29.2 Å². The Labute approximate surface area is 160 Å². The number of aromatic nitrogens is 5. The molecule has 0 spiro atoms. The number of hydrogen-bond acceptors (Lipinski definition) is 6. The quantitative estimate of drug-likeness (QED) is 0.307. The van der Waals surface area contributed by atoms with Gasteiger partial charge < -0.3 is 15.8 Å². The molecule has 0 fully saturated rings. The Kier molecular flexibility index (Phi) is 3.82. The van der Waals surface area contributed by atoms with E-state index < -0.39 is 22.5 Å². The van der Waals surface area contributed by atoms with Crippen LogP contribution < -0.4 is 28.2 Å². The topological polar surface area (TPSA) is 172 Å². The van der Waals surface area contributed by atoms with Crippen LogP contribution in [0.4, 0.5) is 5.82 Å². The molecular formula is C18H16N6O5. The predicted octanol–water partition coefficient (Wildman–Crippen LogP) is -0.436. The number of H-pyrrole nitrogens is 3. The first-order valence-electron chi connectivity index (χ1n) is 8.44. The van der Waals surface area contributed by atoms with Gasteiger partial charge in [0.15, 0.2) is 0 Å². The Balaban J connectivity index is 2.28. The monoisotopic (exact) mass is 396 g/mol. The molecule has 6 N–H and O–H groups in total. The molecule has 0 aliphatic carbocycles. The number of phenols is 1. The summed E-state index contributed by atoms with van der Waals surface area (Å²) in [6.45, 7) is 0. The number of anilines is 1. The number of rotatable bonds is 2. The molecular weight excluding hydrogens is 380 g/mol. The average molecular weight is 396 g/mol. The maximum atomic E-state index is 12.7. The van der Waals surface area contributed by atoms with Crippen LogP contribution in [0, 0.1) is 0 Å². The second-order valence-corrected chi connectivity index (χ2v) is 6.54. The van der Waals surface area contributed by atoms with Gasteiger partial charge in [-0.05, 0) is 29.8 Å². The molecule has 0 radical (unpaired) electrons. The highest BCUT2D eigenvalue weighted by molar-refractivity contribution is 6.04. The number of phenolic OH excluding ortho intramolecular Hbond substituents is 1. The van der Waals surface area contributed by atoms with E-state index in [4.69, 9.17) is 5.73 Å². The average Bonchev–Trinajstić information content (AvgIpc) is 3.06. The third kappa shape index (κ3) is 2.59. The number of aryl methyl sites for hydroxylation is 1. The molecule has 0 saturated heterocycles. The van der Waals surface area contributed by atoms with E-state index in [-0.39, 0.29) is 33.7 Å². The van der Waals surface area contributed by atoms with Crippen molar-refractivity contribution in [1.29, 1.82) is 0 Å². The molecule has 3 heterocycles. The summed E-state index contributed by atoms with van der Waals surface area (Å²) in [7, 11) is 2.84. The maximum absolute atomic E-state index is 12.7. The van der Waals surface area contributed by atoms with Gasteiger partial charge in [0, 0.05) is 19.7 Å². The van der Waals surface area contributed by atoms with Crippen LogP contribution in [0.1, 0.15) is 0 Å². The van der Waals surface area contributed by atoms with Crippen molar-refractivity contribution in [3.05, 3.63) is 65.9 Å². The molecule has 11 nitrogen and oxygen atoms in total. The molecule has 4 aromatic rings. The molecule has 148 valence electrons. The molecule has 0 saturated carbocycles. The largest absolute Gasteiger partial charge is 0.508 e. The first-order valence-corrected chi connectivity index (χ1v) is 8.44. The van der Waals surface area contributed by atoms with E-state index in [0.29, 0.717) is 11.3 Å². The first-order chi connectivity index (χ1) is 13.7. The van der Waals surface area contributed by atoms with Crippen molar-refractivity contribution in [2.75, 3.05) is 5.73 Å². The fraction of sp³-hybridized carbons (Fsp3) is 0.111. The molecule has 0 amide bonds. The van der Waals surface area contributed by atoms with Gasteiger partial charge in [0.2, 0.25) is 0 Å². The molecule has 0 bridgehead atoms.